The summed E-state index contributed by atoms with van der Waals surface area (Å²) in [4.78, 5) is 2.91. The minimum Gasteiger partial charge on any atom is -0.364 e. The number of rotatable bonds is 1. The lowest BCUT2D eigenvalue weighted by Gasteiger charge is -1.81. The van der Waals surface area contributed by atoms with Crippen LogP contribution in [0.2, 0.25) is 0 Å². The summed E-state index contributed by atoms with van der Waals surface area (Å²) in [6.07, 6.45) is 1.83. The van der Waals surface area contributed by atoms with Crippen molar-refractivity contribution < 1.29 is 0 Å². The molecule has 0 amide bonds. The molecule has 0 atom stereocenters. The van der Waals surface area contributed by atoms with Crippen LogP contribution in [-0.2, 0) is 0 Å². The summed E-state index contributed by atoms with van der Waals surface area (Å²) in [5.41, 5.74) is 6.10. The minimum absolute atomic E-state index is 0.958. The molecule has 0 aliphatic rings. The number of hydrogen-bond acceptors (Lipinski definition) is 1. The summed E-state index contributed by atoms with van der Waals surface area (Å²) >= 11 is 0. The summed E-state index contributed by atoms with van der Waals surface area (Å²) in [5, 5.41) is 0. The third kappa shape index (κ3) is 0.810. The molecule has 1 aromatic rings. The van der Waals surface area contributed by atoms with Gasteiger partial charge in [0.25, 0.3) is 0 Å². The van der Waals surface area contributed by atoms with Gasteiger partial charge in [-0.25, -0.2) is 0 Å². The second-order valence-electron chi connectivity index (χ2n) is 1.29. The van der Waals surface area contributed by atoms with Gasteiger partial charge in [-0.1, -0.05) is 0 Å². The first kappa shape index (κ1) is 4.40. The van der Waals surface area contributed by atoms with E-state index in [2.05, 4.69) is 4.98 Å². The van der Waals surface area contributed by atoms with Gasteiger partial charge in [-0.15, -0.1) is 0 Å². The zero-order valence-electron chi connectivity index (χ0n) is 3.89. The molecule has 0 spiro atoms. The fraction of sp³-hybridized carbons (Fsp3) is 0. The molecule has 1 radical (unpaired) electrons. The highest BCUT2D eigenvalue weighted by atomic mass is 14.7. The van der Waals surface area contributed by atoms with Crippen molar-refractivity contribution in [2.24, 2.45) is 5.73 Å². The molecule has 7 heavy (non-hydrogen) atoms. The topological polar surface area (TPSA) is 41.8 Å². The quantitative estimate of drug-likeness (QED) is 0.523. The zero-order chi connectivity index (χ0) is 5.11. The van der Waals surface area contributed by atoms with E-state index in [0.717, 1.165) is 5.69 Å². The maximum atomic E-state index is 5.14. The third-order valence-electron chi connectivity index (χ3n) is 0.802. The SMILES string of the molecule is N[CH]c1ccc[nH]1. The number of nitrogens with two attached hydrogens (primary N) is 1. The first-order valence-corrected chi connectivity index (χ1v) is 2.12. The van der Waals surface area contributed by atoms with E-state index in [0.29, 0.717) is 0 Å². The smallest absolute Gasteiger partial charge is 0.0658 e. The Balaban J connectivity index is 2.76. The molecule has 0 aromatic carbocycles. The standard InChI is InChI=1S/C5H7N2/c6-4-5-2-1-3-7-5/h1-4,7H,6H2. The molecule has 1 aromatic heterocycles. The number of nitrogens with one attached hydrogen (secondary N) is 1. The first-order valence-electron chi connectivity index (χ1n) is 2.12. The van der Waals surface area contributed by atoms with Crippen LogP contribution in [0.25, 0.3) is 0 Å². The molecule has 0 saturated carbocycles. The van der Waals surface area contributed by atoms with E-state index in [1.807, 2.05) is 18.3 Å². The van der Waals surface area contributed by atoms with Crippen molar-refractivity contribution in [1.29, 1.82) is 0 Å². The molecule has 0 aliphatic carbocycles. The van der Waals surface area contributed by atoms with E-state index in [-0.39, 0.29) is 0 Å². The molecule has 0 aliphatic heterocycles. The molecule has 0 saturated heterocycles. The number of aromatic amines is 1. The number of hydrogen-bond donors (Lipinski definition) is 2. The van der Waals surface area contributed by atoms with E-state index >= 15 is 0 Å². The average Bonchev–Trinajstić information content (AvgIpc) is 2.14. The summed E-state index contributed by atoms with van der Waals surface area (Å²) in [6.45, 7) is 1.53. The summed E-state index contributed by atoms with van der Waals surface area (Å²) in [6, 6.07) is 3.80. The van der Waals surface area contributed by atoms with E-state index in [1.165, 1.54) is 6.54 Å². The largest absolute Gasteiger partial charge is 0.364 e. The third-order valence-corrected chi connectivity index (χ3v) is 0.802. The lowest BCUT2D eigenvalue weighted by atomic mass is 10.4. The van der Waals surface area contributed by atoms with E-state index < -0.39 is 0 Å². The van der Waals surface area contributed by atoms with Crippen LogP contribution in [-0.4, -0.2) is 4.98 Å². The molecule has 1 heterocycles. The number of H-pyrrole nitrogens is 1. The fourth-order valence-corrected chi connectivity index (χ4v) is 0.448. The van der Waals surface area contributed by atoms with Crippen molar-refractivity contribution in [2.75, 3.05) is 0 Å². The van der Waals surface area contributed by atoms with E-state index in [1.54, 1.807) is 0 Å². The van der Waals surface area contributed by atoms with Gasteiger partial charge < -0.3 is 10.7 Å². The maximum absolute atomic E-state index is 5.14. The van der Waals surface area contributed by atoms with Crippen LogP contribution in [0.15, 0.2) is 18.3 Å². The molecule has 1 rings (SSSR count). The lowest BCUT2D eigenvalue weighted by Crippen LogP contribution is -1.90. The van der Waals surface area contributed by atoms with Gasteiger partial charge in [0, 0.05) is 11.9 Å². The zero-order valence-corrected chi connectivity index (χ0v) is 3.89. The highest BCUT2D eigenvalue weighted by molar-refractivity contribution is 5.10. The molecular formula is C5H7N2. The van der Waals surface area contributed by atoms with Crippen molar-refractivity contribution in [2.45, 2.75) is 0 Å². The second-order valence-corrected chi connectivity index (χ2v) is 1.29. The van der Waals surface area contributed by atoms with E-state index in [4.69, 9.17) is 5.73 Å². The Hall–Kier alpha value is -0.760. The summed E-state index contributed by atoms with van der Waals surface area (Å²) in [5.74, 6) is 0. The highest BCUT2D eigenvalue weighted by Crippen LogP contribution is 1.90. The second kappa shape index (κ2) is 1.80. The van der Waals surface area contributed by atoms with Gasteiger partial charge in [0.1, 0.15) is 0 Å². The first-order chi connectivity index (χ1) is 3.43. The Morgan fingerprint density at radius 2 is 2.57 bits per heavy atom. The van der Waals surface area contributed by atoms with Crippen molar-refractivity contribution in [3.8, 4) is 0 Å². The van der Waals surface area contributed by atoms with Crippen molar-refractivity contribution in [1.82, 2.24) is 4.98 Å². The number of aromatic nitrogens is 1. The predicted octanol–water partition coefficient (Wildman–Crippen LogP) is 0.483. The highest BCUT2D eigenvalue weighted by Gasteiger charge is 1.81. The Kier molecular flexibility index (Phi) is 1.13. The normalized spacial score (nSPS) is 9.29. The van der Waals surface area contributed by atoms with Crippen molar-refractivity contribution >= 4 is 0 Å². The van der Waals surface area contributed by atoms with Crippen LogP contribution in [0.4, 0.5) is 0 Å². The Labute approximate surface area is 42.3 Å². The van der Waals surface area contributed by atoms with Crippen LogP contribution < -0.4 is 5.73 Å². The van der Waals surface area contributed by atoms with Gasteiger partial charge in [-0.3, -0.25) is 0 Å². The average molecular weight is 95.1 g/mol. The van der Waals surface area contributed by atoms with Gasteiger partial charge >= 0.3 is 0 Å². The molecule has 0 fully saturated rings. The van der Waals surface area contributed by atoms with Crippen LogP contribution >= 0.6 is 0 Å². The molecule has 37 valence electrons. The van der Waals surface area contributed by atoms with Gasteiger partial charge in [-0.05, 0) is 12.1 Å². The van der Waals surface area contributed by atoms with Crippen molar-refractivity contribution in [3.05, 3.63) is 30.6 Å². The van der Waals surface area contributed by atoms with Gasteiger partial charge in [0.05, 0.1) is 6.54 Å². The Morgan fingerprint density at radius 1 is 1.71 bits per heavy atom. The van der Waals surface area contributed by atoms with Gasteiger partial charge in [0.15, 0.2) is 0 Å². The van der Waals surface area contributed by atoms with Gasteiger partial charge in [0.2, 0.25) is 0 Å². The molecule has 2 nitrogen and oxygen atoms in total. The Morgan fingerprint density at radius 3 is 2.86 bits per heavy atom. The minimum atomic E-state index is 0.958. The van der Waals surface area contributed by atoms with Crippen LogP contribution in [0.5, 0.6) is 0 Å². The fourth-order valence-electron chi connectivity index (χ4n) is 0.448. The molecule has 0 bridgehead atoms. The predicted molar refractivity (Wildman–Crippen MR) is 28.4 cm³/mol. The van der Waals surface area contributed by atoms with Crippen LogP contribution in [0.3, 0.4) is 0 Å². The van der Waals surface area contributed by atoms with Gasteiger partial charge in [-0.2, -0.15) is 0 Å². The molecule has 3 N–H and O–H groups in total. The lowest BCUT2D eigenvalue weighted by molar-refractivity contribution is 1.23. The molecule has 0 unspecified atom stereocenters. The maximum Gasteiger partial charge on any atom is 0.0658 e. The van der Waals surface area contributed by atoms with E-state index in [9.17, 15) is 0 Å². The molecular weight excluding hydrogens is 88.1 g/mol. The van der Waals surface area contributed by atoms with Crippen LogP contribution in [0, 0.1) is 6.54 Å². The Bertz CT molecular complexity index is 121. The van der Waals surface area contributed by atoms with Crippen molar-refractivity contribution in [3.63, 3.8) is 0 Å². The van der Waals surface area contributed by atoms with Crippen LogP contribution in [0.1, 0.15) is 5.69 Å². The molecule has 2 heteroatoms. The summed E-state index contributed by atoms with van der Waals surface area (Å²) in [7, 11) is 0. The monoisotopic (exact) mass is 95.1 g/mol. The summed E-state index contributed by atoms with van der Waals surface area (Å²) < 4.78 is 0.